The average molecular weight is 467 g/mol. The van der Waals surface area contributed by atoms with Crippen LogP contribution in [0.25, 0.3) is 0 Å². The van der Waals surface area contributed by atoms with Gasteiger partial charge in [0, 0.05) is 34.7 Å². The van der Waals surface area contributed by atoms with Crippen molar-refractivity contribution in [2.75, 3.05) is 7.11 Å². The van der Waals surface area contributed by atoms with Crippen LogP contribution in [0.4, 0.5) is 0 Å². The Morgan fingerprint density at radius 1 is 1.41 bits per heavy atom. The first-order valence-corrected chi connectivity index (χ1v) is 11.3. The molecule has 2 aliphatic rings. The van der Waals surface area contributed by atoms with Crippen molar-refractivity contribution in [1.29, 1.82) is 0 Å². The number of unbranched alkanes of at least 4 members (excludes halogenated alkanes) is 2. The van der Waals surface area contributed by atoms with Crippen LogP contribution in [-0.2, 0) is 16.0 Å². The van der Waals surface area contributed by atoms with Gasteiger partial charge in [-0.05, 0) is 18.4 Å². The summed E-state index contributed by atoms with van der Waals surface area (Å²) in [5, 5.41) is 21.1. The number of ether oxygens (including phenoxy) is 2. The number of benzene rings is 1. The van der Waals surface area contributed by atoms with Gasteiger partial charge in [-0.15, -0.1) is 0 Å². The van der Waals surface area contributed by atoms with E-state index < -0.39 is 12.2 Å². The molecule has 0 radical (unpaired) electrons. The quantitative estimate of drug-likeness (QED) is 0.420. The Kier molecular flexibility index (Phi) is 7.77. The number of carbonyl (C=O) groups excluding carboxylic acids is 1. The molecule has 5 nitrogen and oxygen atoms in total. The Hall–Kier alpha value is -1.37. The van der Waals surface area contributed by atoms with Crippen molar-refractivity contribution in [3.8, 4) is 5.75 Å². The summed E-state index contributed by atoms with van der Waals surface area (Å²) in [7, 11) is 1.39. The molecule has 0 spiro atoms. The molecule has 0 unspecified atom stereocenters. The van der Waals surface area contributed by atoms with Crippen LogP contribution >= 0.6 is 15.9 Å². The molecule has 160 valence electrons. The molecule has 1 saturated carbocycles. The first kappa shape index (κ1) is 22.3. The lowest BCUT2D eigenvalue weighted by Crippen LogP contribution is -2.18. The maximum Gasteiger partial charge on any atom is 0.305 e. The van der Waals surface area contributed by atoms with E-state index in [2.05, 4.69) is 22.9 Å². The van der Waals surface area contributed by atoms with E-state index >= 15 is 0 Å². The standard InChI is InChI=1S/C23H31BrO5/c1-3-4-5-9-18(25)17(24)12-16-19(26)13-20-22(16)15-8-6-7-14(23(15)29-20)10-11-21(27)28-2/h6-8,12,16,18-20,22,25-26H,3-5,9-11,13H2,1-2H3/b17-12-/t16-,18-,19+,20-,22+/m0/s1. The van der Waals surface area contributed by atoms with E-state index in [0.29, 0.717) is 25.7 Å². The second kappa shape index (κ2) is 10.1. The fraction of sp³-hybridized carbons (Fsp3) is 0.609. The van der Waals surface area contributed by atoms with Crippen molar-refractivity contribution in [3.05, 3.63) is 39.9 Å². The highest BCUT2D eigenvalue weighted by Crippen LogP contribution is 2.52. The van der Waals surface area contributed by atoms with Crippen molar-refractivity contribution in [2.45, 2.75) is 76.1 Å². The Morgan fingerprint density at radius 3 is 2.93 bits per heavy atom. The Morgan fingerprint density at radius 2 is 2.21 bits per heavy atom. The minimum Gasteiger partial charge on any atom is -0.489 e. The lowest BCUT2D eigenvalue weighted by molar-refractivity contribution is -0.140. The third kappa shape index (κ3) is 5.04. The molecule has 3 rings (SSSR count). The molecule has 6 heteroatoms. The lowest BCUT2D eigenvalue weighted by Gasteiger charge is -2.19. The van der Waals surface area contributed by atoms with Crippen LogP contribution < -0.4 is 4.74 Å². The van der Waals surface area contributed by atoms with E-state index in [1.807, 2.05) is 24.3 Å². The molecule has 2 N–H and O–H groups in total. The number of hydrogen-bond donors (Lipinski definition) is 2. The molecule has 1 aromatic carbocycles. The first-order chi connectivity index (χ1) is 14.0. The Labute approximate surface area is 181 Å². The molecule has 0 amide bonds. The van der Waals surface area contributed by atoms with Gasteiger partial charge in [-0.2, -0.15) is 0 Å². The van der Waals surface area contributed by atoms with Gasteiger partial charge in [0.1, 0.15) is 11.9 Å². The summed E-state index contributed by atoms with van der Waals surface area (Å²) in [5.41, 5.74) is 2.08. The molecule has 1 aliphatic heterocycles. The number of aliphatic hydroxyl groups excluding tert-OH is 2. The zero-order valence-electron chi connectivity index (χ0n) is 17.1. The Bertz CT molecular complexity index is 747. The summed E-state index contributed by atoms with van der Waals surface area (Å²) in [6.07, 6.45) is 6.20. The number of methoxy groups -OCH3 is 1. The van der Waals surface area contributed by atoms with Gasteiger partial charge in [0.05, 0.1) is 19.3 Å². The van der Waals surface area contributed by atoms with Gasteiger partial charge in [-0.1, -0.05) is 66.4 Å². The molecule has 1 heterocycles. The minimum absolute atomic E-state index is 0.0495. The van der Waals surface area contributed by atoms with E-state index in [1.165, 1.54) is 7.11 Å². The number of hydrogen-bond acceptors (Lipinski definition) is 5. The van der Waals surface area contributed by atoms with E-state index in [9.17, 15) is 15.0 Å². The van der Waals surface area contributed by atoms with Crippen molar-refractivity contribution in [1.82, 2.24) is 0 Å². The Balaban J connectivity index is 1.77. The van der Waals surface area contributed by atoms with Crippen LogP contribution in [0.2, 0.25) is 0 Å². The highest BCUT2D eigenvalue weighted by atomic mass is 79.9. The van der Waals surface area contributed by atoms with Gasteiger partial charge in [-0.3, -0.25) is 4.79 Å². The van der Waals surface area contributed by atoms with Crippen molar-refractivity contribution >= 4 is 21.9 Å². The molecule has 0 saturated heterocycles. The molecule has 1 aromatic rings. The van der Waals surface area contributed by atoms with Crippen LogP contribution in [-0.4, -0.2) is 41.6 Å². The number of aliphatic hydroxyl groups is 2. The van der Waals surface area contributed by atoms with E-state index in [1.54, 1.807) is 0 Å². The fourth-order valence-corrected chi connectivity index (χ4v) is 5.03. The number of halogens is 1. The van der Waals surface area contributed by atoms with Gasteiger partial charge in [0.2, 0.25) is 0 Å². The smallest absolute Gasteiger partial charge is 0.305 e. The van der Waals surface area contributed by atoms with Crippen molar-refractivity contribution in [2.24, 2.45) is 5.92 Å². The monoisotopic (exact) mass is 466 g/mol. The van der Waals surface area contributed by atoms with Gasteiger partial charge < -0.3 is 19.7 Å². The number of rotatable bonds is 9. The maximum absolute atomic E-state index is 11.5. The number of aryl methyl sites for hydroxylation is 1. The highest BCUT2D eigenvalue weighted by Gasteiger charge is 2.49. The zero-order valence-corrected chi connectivity index (χ0v) is 18.7. The van der Waals surface area contributed by atoms with Crippen LogP contribution in [0.3, 0.4) is 0 Å². The maximum atomic E-state index is 11.5. The highest BCUT2D eigenvalue weighted by molar-refractivity contribution is 9.11. The first-order valence-electron chi connectivity index (χ1n) is 10.5. The van der Waals surface area contributed by atoms with Gasteiger partial charge >= 0.3 is 5.97 Å². The topological polar surface area (TPSA) is 76.0 Å². The molecule has 0 aromatic heterocycles. The van der Waals surface area contributed by atoms with Crippen LogP contribution in [0, 0.1) is 5.92 Å². The summed E-state index contributed by atoms with van der Waals surface area (Å²) in [6.45, 7) is 2.14. The minimum atomic E-state index is -0.541. The number of esters is 1. The predicted octanol–water partition coefficient (Wildman–Crippen LogP) is 4.24. The largest absolute Gasteiger partial charge is 0.489 e. The van der Waals surface area contributed by atoms with Crippen LogP contribution in [0.5, 0.6) is 5.75 Å². The van der Waals surface area contributed by atoms with E-state index in [0.717, 1.165) is 40.6 Å². The molecule has 5 atom stereocenters. The fourth-order valence-electron chi connectivity index (χ4n) is 4.49. The number of carbonyl (C=O) groups is 1. The SMILES string of the molecule is CCCCC[C@H](O)/C(Br)=C/[C@@H]1[C@H]2c3cccc(CCC(=O)OC)c3O[C@H]2C[C@H]1O. The lowest BCUT2D eigenvalue weighted by atomic mass is 9.86. The number of para-hydroxylation sites is 1. The summed E-state index contributed by atoms with van der Waals surface area (Å²) in [4.78, 5) is 11.5. The summed E-state index contributed by atoms with van der Waals surface area (Å²) < 4.78 is 11.7. The van der Waals surface area contributed by atoms with E-state index in [4.69, 9.17) is 9.47 Å². The van der Waals surface area contributed by atoms with Crippen molar-refractivity contribution in [3.63, 3.8) is 0 Å². The third-order valence-corrected chi connectivity index (χ3v) is 6.86. The third-order valence-electron chi connectivity index (χ3n) is 6.07. The van der Waals surface area contributed by atoms with Gasteiger partial charge in [0.25, 0.3) is 0 Å². The van der Waals surface area contributed by atoms with Crippen LogP contribution in [0.1, 0.15) is 62.5 Å². The molecule has 0 bridgehead atoms. The zero-order chi connectivity index (χ0) is 21.0. The second-order valence-electron chi connectivity index (χ2n) is 8.04. The summed E-state index contributed by atoms with van der Waals surface area (Å²) >= 11 is 3.54. The molecule has 1 aliphatic carbocycles. The molecular weight excluding hydrogens is 436 g/mol. The predicted molar refractivity (Wildman–Crippen MR) is 115 cm³/mol. The average Bonchev–Trinajstić information content (AvgIpc) is 3.22. The number of fused-ring (bicyclic) bond motifs is 3. The van der Waals surface area contributed by atoms with Crippen molar-refractivity contribution < 1.29 is 24.5 Å². The molecule has 29 heavy (non-hydrogen) atoms. The van der Waals surface area contributed by atoms with Crippen LogP contribution in [0.15, 0.2) is 28.8 Å². The normalized spacial score (nSPS) is 26.6. The molecule has 1 fully saturated rings. The van der Waals surface area contributed by atoms with Gasteiger partial charge in [0.15, 0.2) is 0 Å². The second-order valence-corrected chi connectivity index (χ2v) is 8.95. The molecular formula is C23H31BrO5. The summed E-state index contributed by atoms with van der Waals surface area (Å²) in [5.74, 6) is 0.537. The van der Waals surface area contributed by atoms with Gasteiger partial charge in [-0.25, -0.2) is 0 Å². The van der Waals surface area contributed by atoms with E-state index in [-0.39, 0.29) is 23.9 Å². The summed E-state index contributed by atoms with van der Waals surface area (Å²) in [6, 6.07) is 6.01.